The molecule has 2 aliphatic heterocycles. The van der Waals surface area contributed by atoms with E-state index in [0.29, 0.717) is 29.8 Å². The number of rotatable bonds is 6. The SMILES string of the molecule is CCCCN1C(=O)c2ccc(C(=O)NCC3CCCO3)cc2C1=O. The summed E-state index contributed by atoms with van der Waals surface area (Å²) in [5.41, 5.74) is 1.10. The van der Waals surface area contributed by atoms with Crippen LogP contribution in [-0.2, 0) is 4.74 Å². The molecule has 128 valence electrons. The Hall–Kier alpha value is -2.21. The van der Waals surface area contributed by atoms with Crippen molar-refractivity contribution in [1.29, 1.82) is 0 Å². The fourth-order valence-electron chi connectivity index (χ4n) is 3.07. The molecule has 0 bridgehead atoms. The van der Waals surface area contributed by atoms with Crippen LogP contribution in [0.25, 0.3) is 0 Å². The fraction of sp³-hybridized carbons (Fsp3) is 0.500. The molecule has 1 atom stereocenters. The Balaban J connectivity index is 1.70. The maximum atomic E-state index is 12.4. The minimum atomic E-state index is -0.308. The standard InChI is InChI=1S/C18H22N2O4/c1-2-3-8-20-17(22)14-7-6-12(10-15(14)18(20)23)16(21)19-11-13-5-4-9-24-13/h6-7,10,13H,2-5,8-9,11H2,1H3,(H,19,21). The van der Waals surface area contributed by atoms with Crippen molar-refractivity contribution in [3.63, 3.8) is 0 Å². The maximum absolute atomic E-state index is 12.4. The smallest absolute Gasteiger partial charge is 0.261 e. The lowest BCUT2D eigenvalue weighted by Crippen LogP contribution is -2.32. The maximum Gasteiger partial charge on any atom is 0.261 e. The van der Waals surface area contributed by atoms with Gasteiger partial charge < -0.3 is 10.1 Å². The summed E-state index contributed by atoms with van der Waals surface area (Å²) in [6, 6.07) is 4.69. The minimum absolute atomic E-state index is 0.0659. The molecule has 2 aliphatic rings. The van der Waals surface area contributed by atoms with E-state index in [1.54, 1.807) is 12.1 Å². The molecule has 0 radical (unpaired) electrons. The topological polar surface area (TPSA) is 75.7 Å². The quantitative estimate of drug-likeness (QED) is 0.810. The number of imide groups is 1. The predicted octanol–water partition coefficient (Wildman–Crippen LogP) is 1.99. The molecule has 1 N–H and O–H groups in total. The molecule has 0 aromatic heterocycles. The van der Waals surface area contributed by atoms with Crippen molar-refractivity contribution in [2.45, 2.75) is 38.7 Å². The van der Waals surface area contributed by atoms with E-state index < -0.39 is 0 Å². The zero-order valence-corrected chi connectivity index (χ0v) is 13.8. The molecule has 6 nitrogen and oxygen atoms in total. The molecule has 0 saturated carbocycles. The summed E-state index contributed by atoms with van der Waals surface area (Å²) in [7, 11) is 0. The lowest BCUT2D eigenvalue weighted by atomic mass is 10.1. The van der Waals surface area contributed by atoms with Crippen molar-refractivity contribution in [2.24, 2.45) is 0 Å². The Labute approximate surface area is 141 Å². The number of amides is 3. The van der Waals surface area contributed by atoms with Crippen molar-refractivity contribution < 1.29 is 19.1 Å². The molecule has 1 aromatic carbocycles. The van der Waals surface area contributed by atoms with Gasteiger partial charge in [-0.05, 0) is 37.5 Å². The number of unbranched alkanes of at least 4 members (excludes halogenated alkanes) is 1. The Bertz CT molecular complexity index is 665. The van der Waals surface area contributed by atoms with Gasteiger partial charge in [0.1, 0.15) is 0 Å². The van der Waals surface area contributed by atoms with Crippen LogP contribution in [0, 0.1) is 0 Å². The number of nitrogens with one attached hydrogen (secondary N) is 1. The van der Waals surface area contributed by atoms with E-state index in [-0.39, 0.29) is 23.8 Å². The number of nitrogens with zero attached hydrogens (tertiary/aromatic N) is 1. The molecule has 1 saturated heterocycles. The molecule has 2 heterocycles. The Morgan fingerprint density at radius 2 is 2.08 bits per heavy atom. The predicted molar refractivity (Wildman–Crippen MR) is 88.0 cm³/mol. The second kappa shape index (κ2) is 7.13. The average molecular weight is 330 g/mol. The highest BCUT2D eigenvalue weighted by Gasteiger charge is 2.35. The van der Waals surface area contributed by atoms with Crippen LogP contribution in [0.5, 0.6) is 0 Å². The highest BCUT2D eigenvalue weighted by Crippen LogP contribution is 2.24. The molecule has 24 heavy (non-hydrogen) atoms. The summed E-state index contributed by atoms with van der Waals surface area (Å²) in [4.78, 5) is 38.2. The zero-order chi connectivity index (χ0) is 17.1. The van der Waals surface area contributed by atoms with Crippen LogP contribution in [0.15, 0.2) is 18.2 Å². The van der Waals surface area contributed by atoms with Gasteiger partial charge in [0.05, 0.1) is 17.2 Å². The van der Waals surface area contributed by atoms with E-state index in [9.17, 15) is 14.4 Å². The molecule has 0 spiro atoms. The summed E-state index contributed by atoms with van der Waals surface area (Å²) in [6.07, 6.45) is 3.72. The van der Waals surface area contributed by atoms with Gasteiger partial charge in [-0.1, -0.05) is 13.3 Å². The molecular formula is C18H22N2O4. The van der Waals surface area contributed by atoms with Crippen LogP contribution in [0.1, 0.15) is 63.7 Å². The van der Waals surface area contributed by atoms with Crippen LogP contribution in [0.3, 0.4) is 0 Å². The van der Waals surface area contributed by atoms with Crippen molar-refractivity contribution in [1.82, 2.24) is 10.2 Å². The third-order valence-corrected chi connectivity index (χ3v) is 4.48. The number of hydrogen-bond donors (Lipinski definition) is 1. The number of carbonyl (C=O) groups is 3. The van der Waals surface area contributed by atoms with E-state index in [2.05, 4.69) is 5.32 Å². The molecule has 1 aromatic rings. The second-order valence-corrected chi connectivity index (χ2v) is 6.22. The largest absolute Gasteiger partial charge is 0.376 e. The van der Waals surface area contributed by atoms with Crippen molar-refractivity contribution in [3.8, 4) is 0 Å². The fourth-order valence-corrected chi connectivity index (χ4v) is 3.07. The third-order valence-electron chi connectivity index (χ3n) is 4.48. The van der Waals surface area contributed by atoms with E-state index in [0.717, 1.165) is 32.3 Å². The summed E-state index contributed by atoms with van der Waals surface area (Å²) in [5, 5.41) is 2.83. The molecule has 6 heteroatoms. The first-order chi connectivity index (χ1) is 11.6. The second-order valence-electron chi connectivity index (χ2n) is 6.22. The van der Waals surface area contributed by atoms with E-state index in [1.807, 2.05) is 6.92 Å². The number of ether oxygens (including phenoxy) is 1. The highest BCUT2D eigenvalue weighted by atomic mass is 16.5. The third kappa shape index (κ3) is 3.19. The lowest BCUT2D eigenvalue weighted by Gasteiger charge is -2.12. The van der Waals surface area contributed by atoms with Crippen molar-refractivity contribution in [2.75, 3.05) is 19.7 Å². The first-order valence-electron chi connectivity index (χ1n) is 8.52. The summed E-state index contributed by atoms with van der Waals surface area (Å²) >= 11 is 0. The minimum Gasteiger partial charge on any atom is -0.376 e. The van der Waals surface area contributed by atoms with Gasteiger partial charge in [0.2, 0.25) is 0 Å². The normalized spacial score (nSPS) is 19.7. The highest BCUT2D eigenvalue weighted by molar-refractivity contribution is 6.22. The Morgan fingerprint density at radius 1 is 1.29 bits per heavy atom. The van der Waals surface area contributed by atoms with Crippen LogP contribution < -0.4 is 5.32 Å². The van der Waals surface area contributed by atoms with Crippen LogP contribution >= 0.6 is 0 Å². The van der Waals surface area contributed by atoms with E-state index >= 15 is 0 Å². The Morgan fingerprint density at radius 3 is 2.79 bits per heavy atom. The summed E-state index contributed by atoms with van der Waals surface area (Å²) in [6.45, 7) is 3.63. The number of carbonyl (C=O) groups excluding carboxylic acids is 3. The first-order valence-corrected chi connectivity index (χ1v) is 8.52. The molecule has 1 fully saturated rings. The van der Waals surface area contributed by atoms with E-state index in [4.69, 9.17) is 4.74 Å². The van der Waals surface area contributed by atoms with Gasteiger partial charge in [0.15, 0.2) is 0 Å². The number of benzene rings is 1. The average Bonchev–Trinajstić information content (AvgIpc) is 3.19. The molecule has 1 unspecified atom stereocenters. The van der Waals surface area contributed by atoms with Gasteiger partial charge in [-0.25, -0.2) is 0 Å². The molecular weight excluding hydrogens is 308 g/mol. The van der Waals surface area contributed by atoms with Gasteiger partial charge >= 0.3 is 0 Å². The molecule has 3 rings (SSSR count). The van der Waals surface area contributed by atoms with Crippen molar-refractivity contribution >= 4 is 17.7 Å². The lowest BCUT2D eigenvalue weighted by molar-refractivity contribution is 0.0652. The van der Waals surface area contributed by atoms with Crippen LogP contribution in [0.2, 0.25) is 0 Å². The summed E-state index contributed by atoms with van der Waals surface area (Å²) in [5.74, 6) is -0.826. The monoisotopic (exact) mass is 330 g/mol. The summed E-state index contributed by atoms with van der Waals surface area (Å²) < 4.78 is 5.48. The van der Waals surface area contributed by atoms with Crippen LogP contribution in [-0.4, -0.2) is 48.4 Å². The zero-order valence-electron chi connectivity index (χ0n) is 13.8. The molecule has 3 amide bonds. The van der Waals surface area contributed by atoms with Crippen molar-refractivity contribution in [3.05, 3.63) is 34.9 Å². The Kier molecular flexibility index (Phi) is 4.94. The number of hydrogen-bond acceptors (Lipinski definition) is 4. The van der Waals surface area contributed by atoms with Gasteiger partial charge in [0, 0.05) is 25.3 Å². The number of fused-ring (bicyclic) bond motifs is 1. The van der Waals surface area contributed by atoms with Crippen LogP contribution in [0.4, 0.5) is 0 Å². The van der Waals surface area contributed by atoms with Gasteiger partial charge in [-0.15, -0.1) is 0 Å². The van der Waals surface area contributed by atoms with Gasteiger partial charge in [0.25, 0.3) is 17.7 Å². The molecule has 0 aliphatic carbocycles. The van der Waals surface area contributed by atoms with Gasteiger partial charge in [-0.2, -0.15) is 0 Å². The van der Waals surface area contributed by atoms with E-state index in [1.165, 1.54) is 11.0 Å². The first kappa shape index (κ1) is 16.6. The van der Waals surface area contributed by atoms with Gasteiger partial charge in [-0.3, -0.25) is 19.3 Å².